The van der Waals surface area contributed by atoms with Gasteiger partial charge in [-0.1, -0.05) is 18.2 Å². The Hall–Kier alpha value is -3.74. The number of hydrogen-bond donors (Lipinski definition) is 1. The molecule has 4 aromatic rings. The van der Waals surface area contributed by atoms with E-state index in [-0.39, 0.29) is 17.7 Å². The number of aromatic nitrogens is 3. The Kier molecular flexibility index (Phi) is 4.25. The SMILES string of the molecule is Cn1cc(-c2ncccc2CNC(=O)c2cc(=O)c3ccccc3o2)cn1. The van der Waals surface area contributed by atoms with E-state index in [0.717, 1.165) is 16.8 Å². The van der Waals surface area contributed by atoms with Crippen LogP contribution < -0.4 is 10.7 Å². The van der Waals surface area contributed by atoms with Crippen molar-refractivity contribution in [2.75, 3.05) is 0 Å². The molecule has 0 radical (unpaired) electrons. The third kappa shape index (κ3) is 3.35. The van der Waals surface area contributed by atoms with Crippen LogP contribution in [-0.4, -0.2) is 20.7 Å². The summed E-state index contributed by atoms with van der Waals surface area (Å²) in [5.74, 6) is -0.482. The minimum absolute atomic E-state index is 0.0227. The summed E-state index contributed by atoms with van der Waals surface area (Å²) in [4.78, 5) is 29.0. The summed E-state index contributed by atoms with van der Waals surface area (Å²) in [6.07, 6.45) is 5.27. The van der Waals surface area contributed by atoms with Gasteiger partial charge in [-0.25, -0.2) is 0 Å². The number of para-hydroxylation sites is 1. The van der Waals surface area contributed by atoms with Crippen molar-refractivity contribution >= 4 is 16.9 Å². The minimum Gasteiger partial charge on any atom is -0.451 e. The molecule has 3 heterocycles. The average Bonchev–Trinajstić information content (AvgIpc) is 3.12. The lowest BCUT2D eigenvalue weighted by Gasteiger charge is -2.08. The maximum Gasteiger partial charge on any atom is 0.287 e. The van der Waals surface area contributed by atoms with Gasteiger partial charge in [-0.15, -0.1) is 0 Å². The molecule has 7 heteroatoms. The van der Waals surface area contributed by atoms with Gasteiger partial charge in [-0.2, -0.15) is 5.10 Å². The van der Waals surface area contributed by atoms with Crippen LogP contribution >= 0.6 is 0 Å². The largest absolute Gasteiger partial charge is 0.451 e. The molecule has 1 aromatic carbocycles. The van der Waals surface area contributed by atoms with Crippen LogP contribution in [0.4, 0.5) is 0 Å². The number of benzene rings is 1. The molecule has 1 amide bonds. The van der Waals surface area contributed by atoms with E-state index >= 15 is 0 Å². The van der Waals surface area contributed by atoms with Gasteiger partial charge in [-0.05, 0) is 23.8 Å². The van der Waals surface area contributed by atoms with Crippen molar-refractivity contribution in [3.63, 3.8) is 0 Å². The molecule has 4 rings (SSSR count). The predicted octanol–water partition coefficient (Wildman–Crippen LogP) is 2.52. The van der Waals surface area contributed by atoms with Crippen LogP contribution in [0, 0.1) is 0 Å². The highest BCUT2D eigenvalue weighted by atomic mass is 16.3. The second-order valence-corrected chi connectivity index (χ2v) is 6.07. The van der Waals surface area contributed by atoms with Gasteiger partial charge < -0.3 is 9.73 Å². The van der Waals surface area contributed by atoms with Gasteiger partial charge in [-0.3, -0.25) is 19.3 Å². The number of carbonyl (C=O) groups excluding carboxylic acids is 1. The summed E-state index contributed by atoms with van der Waals surface area (Å²) in [5.41, 5.74) is 2.57. The maximum atomic E-state index is 12.5. The Morgan fingerprint density at radius 2 is 2.07 bits per heavy atom. The zero-order chi connectivity index (χ0) is 18.8. The second-order valence-electron chi connectivity index (χ2n) is 6.07. The van der Waals surface area contributed by atoms with Gasteiger partial charge in [0, 0.05) is 37.6 Å². The standard InChI is InChI=1S/C20H16N4O3/c1-24-12-14(11-23-24)19-13(5-4-8-21-19)10-22-20(26)18-9-16(25)15-6-2-3-7-17(15)27-18/h2-9,11-12H,10H2,1H3,(H,22,26). The number of pyridine rings is 1. The van der Waals surface area contributed by atoms with Crippen LogP contribution in [0.25, 0.3) is 22.2 Å². The van der Waals surface area contributed by atoms with Crippen molar-refractivity contribution in [3.05, 3.63) is 82.6 Å². The Morgan fingerprint density at radius 1 is 1.22 bits per heavy atom. The van der Waals surface area contributed by atoms with Crippen LogP contribution in [0.15, 0.2) is 70.3 Å². The zero-order valence-corrected chi connectivity index (χ0v) is 14.5. The highest BCUT2D eigenvalue weighted by molar-refractivity contribution is 5.93. The van der Waals surface area contributed by atoms with Crippen molar-refractivity contribution in [2.45, 2.75) is 6.54 Å². The second kappa shape index (κ2) is 6.87. The first-order valence-corrected chi connectivity index (χ1v) is 8.36. The molecule has 0 bridgehead atoms. The third-order valence-electron chi connectivity index (χ3n) is 4.17. The van der Waals surface area contributed by atoms with Gasteiger partial charge in [0.1, 0.15) is 5.58 Å². The van der Waals surface area contributed by atoms with E-state index in [4.69, 9.17) is 4.42 Å². The predicted molar refractivity (Wildman–Crippen MR) is 100 cm³/mol. The van der Waals surface area contributed by atoms with E-state index < -0.39 is 5.91 Å². The fourth-order valence-corrected chi connectivity index (χ4v) is 2.86. The van der Waals surface area contributed by atoms with Crippen molar-refractivity contribution in [2.24, 2.45) is 7.05 Å². The Balaban J connectivity index is 1.58. The number of aryl methyl sites for hydroxylation is 1. The summed E-state index contributed by atoms with van der Waals surface area (Å²) < 4.78 is 7.26. The molecule has 3 aromatic heterocycles. The van der Waals surface area contributed by atoms with E-state index in [1.165, 1.54) is 6.07 Å². The first kappa shape index (κ1) is 16.7. The number of hydrogen-bond acceptors (Lipinski definition) is 5. The lowest BCUT2D eigenvalue weighted by Crippen LogP contribution is -2.24. The normalized spacial score (nSPS) is 10.9. The number of nitrogens with one attached hydrogen (secondary N) is 1. The van der Waals surface area contributed by atoms with Crippen molar-refractivity contribution in [1.29, 1.82) is 0 Å². The molecule has 0 aliphatic rings. The smallest absolute Gasteiger partial charge is 0.287 e. The number of fused-ring (bicyclic) bond motifs is 1. The van der Waals surface area contributed by atoms with Gasteiger partial charge >= 0.3 is 0 Å². The molecule has 0 atom stereocenters. The summed E-state index contributed by atoms with van der Waals surface area (Å²) in [6, 6.07) is 11.7. The van der Waals surface area contributed by atoms with E-state index in [1.807, 2.05) is 19.3 Å². The highest BCUT2D eigenvalue weighted by Crippen LogP contribution is 2.20. The number of carbonyl (C=O) groups is 1. The molecule has 7 nitrogen and oxygen atoms in total. The Labute approximate surface area is 154 Å². The molecule has 0 saturated heterocycles. The summed E-state index contributed by atoms with van der Waals surface area (Å²) >= 11 is 0. The third-order valence-corrected chi connectivity index (χ3v) is 4.17. The Bertz CT molecular complexity index is 1190. The molecule has 0 aliphatic carbocycles. The van der Waals surface area contributed by atoms with Crippen LogP contribution in [0.5, 0.6) is 0 Å². The van der Waals surface area contributed by atoms with E-state index in [1.54, 1.807) is 47.4 Å². The molecule has 27 heavy (non-hydrogen) atoms. The summed E-state index contributed by atoms with van der Waals surface area (Å²) in [6.45, 7) is 0.243. The number of amides is 1. The first-order chi connectivity index (χ1) is 13.1. The van der Waals surface area contributed by atoms with E-state index in [0.29, 0.717) is 11.0 Å². The van der Waals surface area contributed by atoms with Gasteiger partial charge in [0.05, 0.1) is 17.3 Å². The van der Waals surface area contributed by atoms with Crippen molar-refractivity contribution < 1.29 is 9.21 Å². The monoisotopic (exact) mass is 360 g/mol. The number of rotatable bonds is 4. The van der Waals surface area contributed by atoms with Crippen LogP contribution in [0.1, 0.15) is 16.1 Å². The molecular weight excluding hydrogens is 344 g/mol. The van der Waals surface area contributed by atoms with Gasteiger partial charge in [0.25, 0.3) is 5.91 Å². The van der Waals surface area contributed by atoms with Crippen LogP contribution in [-0.2, 0) is 13.6 Å². The topological polar surface area (TPSA) is 90.0 Å². The molecule has 0 unspecified atom stereocenters. The van der Waals surface area contributed by atoms with Crippen molar-refractivity contribution in [3.8, 4) is 11.3 Å². The van der Waals surface area contributed by atoms with Crippen LogP contribution in [0.3, 0.4) is 0 Å². The molecule has 1 N–H and O–H groups in total. The average molecular weight is 360 g/mol. The minimum atomic E-state index is -0.459. The Morgan fingerprint density at radius 3 is 2.89 bits per heavy atom. The van der Waals surface area contributed by atoms with Crippen LogP contribution in [0.2, 0.25) is 0 Å². The molecule has 134 valence electrons. The lowest BCUT2D eigenvalue weighted by atomic mass is 10.1. The van der Waals surface area contributed by atoms with E-state index in [9.17, 15) is 9.59 Å². The molecule has 0 aliphatic heterocycles. The fourth-order valence-electron chi connectivity index (χ4n) is 2.86. The lowest BCUT2D eigenvalue weighted by molar-refractivity contribution is 0.0924. The van der Waals surface area contributed by atoms with E-state index in [2.05, 4.69) is 15.4 Å². The molecular formula is C20H16N4O3. The first-order valence-electron chi connectivity index (χ1n) is 8.36. The number of nitrogens with zero attached hydrogens (tertiary/aromatic N) is 3. The maximum absolute atomic E-state index is 12.5. The summed E-state index contributed by atoms with van der Waals surface area (Å²) in [7, 11) is 1.83. The van der Waals surface area contributed by atoms with Gasteiger partial charge in [0.2, 0.25) is 0 Å². The van der Waals surface area contributed by atoms with Crippen molar-refractivity contribution in [1.82, 2.24) is 20.1 Å². The molecule has 0 saturated carbocycles. The highest BCUT2D eigenvalue weighted by Gasteiger charge is 2.14. The molecule has 0 spiro atoms. The van der Waals surface area contributed by atoms with Gasteiger partial charge in [0.15, 0.2) is 11.2 Å². The summed E-state index contributed by atoms with van der Waals surface area (Å²) in [5, 5.41) is 7.39. The zero-order valence-electron chi connectivity index (χ0n) is 14.5. The fraction of sp³-hybridized carbons (Fsp3) is 0.100. The molecule has 0 fully saturated rings. The quantitative estimate of drug-likeness (QED) is 0.604.